The van der Waals surface area contributed by atoms with Crippen molar-refractivity contribution in [1.29, 1.82) is 0 Å². The van der Waals surface area contributed by atoms with Crippen LogP contribution < -0.4 is 4.74 Å². The molecule has 7 heteroatoms. The first-order valence-corrected chi connectivity index (χ1v) is 8.74. The molecule has 0 aliphatic heterocycles. The average molecular weight is 379 g/mol. The molecule has 2 atom stereocenters. The molecule has 5 nitrogen and oxygen atoms in total. The van der Waals surface area contributed by atoms with Crippen LogP contribution in [0, 0.1) is 0 Å². The Hall–Kier alpha value is -2.54. The van der Waals surface area contributed by atoms with Crippen LogP contribution in [0.5, 0.6) is 5.75 Å². The number of pyridine rings is 1. The molecule has 2 unspecified atom stereocenters. The fraction of sp³-hybridized carbons (Fsp3) is 0.400. The van der Waals surface area contributed by atoms with Crippen molar-refractivity contribution in [2.24, 2.45) is 0 Å². The number of rotatable bonds is 11. The third-order valence-electron chi connectivity index (χ3n) is 3.99. The summed E-state index contributed by atoms with van der Waals surface area (Å²) >= 11 is 0. The number of aromatic nitrogens is 1. The van der Waals surface area contributed by atoms with Crippen LogP contribution in [0.15, 0.2) is 42.6 Å². The van der Waals surface area contributed by atoms with E-state index in [0.29, 0.717) is 17.0 Å². The van der Waals surface area contributed by atoms with Gasteiger partial charge in [-0.15, -0.1) is 0 Å². The average Bonchev–Trinajstić information content (AvgIpc) is 2.70. The summed E-state index contributed by atoms with van der Waals surface area (Å²) in [4.78, 5) is 15.2. The standard InChI is InChI=1S/C20H23F2NO4/c1-2-14-5-8-18(23-12-14)17(22)13-27-16-6-3-15(4-7-16)11-19(20(24)25)26-10-9-21/h3-8,12,17,19H,2,9-11,13H2,1H3,(H,24,25). The molecular weight excluding hydrogens is 356 g/mol. The van der Waals surface area contributed by atoms with Crippen LogP contribution in [0.1, 0.15) is 29.9 Å². The summed E-state index contributed by atoms with van der Waals surface area (Å²) < 4.78 is 36.8. The minimum atomic E-state index is -1.35. The van der Waals surface area contributed by atoms with Crippen molar-refractivity contribution in [2.75, 3.05) is 19.9 Å². The van der Waals surface area contributed by atoms with Gasteiger partial charge in [0.25, 0.3) is 0 Å². The second kappa shape index (κ2) is 10.6. The lowest BCUT2D eigenvalue weighted by Gasteiger charge is -2.14. The first-order valence-electron chi connectivity index (χ1n) is 8.74. The molecule has 1 heterocycles. The summed E-state index contributed by atoms with van der Waals surface area (Å²) in [5.41, 5.74) is 2.05. The Morgan fingerprint density at radius 1 is 1.19 bits per heavy atom. The number of benzene rings is 1. The number of aryl methyl sites for hydroxylation is 1. The summed E-state index contributed by atoms with van der Waals surface area (Å²) in [7, 11) is 0. The molecule has 2 aromatic rings. The van der Waals surface area contributed by atoms with Crippen LogP contribution in [0.3, 0.4) is 0 Å². The SMILES string of the molecule is CCc1ccc(C(F)COc2ccc(CC(OCCF)C(=O)O)cc2)nc1. The second-order valence-electron chi connectivity index (χ2n) is 5.96. The fourth-order valence-electron chi connectivity index (χ4n) is 2.43. The van der Waals surface area contributed by atoms with Gasteiger partial charge in [0.05, 0.1) is 12.3 Å². The minimum Gasteiger partial charge on any atom is -0.490 e. The van der Waals surface area contributed by atoms with Crippen LogP contribution in [0.4, 0.5) is 8.78 Å². The van der Waals surface area contributed by atoms with Crippen molar-refractivity contribution in [3.05, 3.63) is 59.4 Å². The lowest BCUT2D eigenvalue weighted by molar-refractivity contribution is -0.150. The highest BCUT2D eigenvalue weighted by Crippen LogP contribution is 2.20. The largest absolute Gasteiger partial charge is 0.490 e. The fourth-order valence-corrected chi connectivity index (χ4v) is 2.43. The Bertz CT molecular complexity index is 707. The van der Waals surface area contributed by atoms with Gasteiger partial charge in [-0.2, -0.15) is 0 Å². The number of ether oxygens (including phenoxy) is 2. The van der Waals surface area contributed by atoms with E-state index < -0.39 is 24.9 Å². The van der Waals surface area contributed by atoms with Gasteiger partial charge in [0, 0.05) is 12.6 Å². The summed E-state index contributed by atoms with van der Waals surface area (Å²) in [5.74, 6) is -0.686. The zero-order valence-electron chi connectivity index (χ0n) is 15.1. The topological polar surface area (TPSA) is 68.7 Å². The van der Waals surface area contributed by atoms with E-state index in [9.17, 15) is 13.6 Å². The molecule has 146 valence electrons. The zero-order chi connectivity index (χ0) is 19.6. The number of hydrogen-bond donors (Lipinski definition) is 1. The van der Waals surface area contributed by atoms with Gasteiger partial charge in [0.2, 0.25) is 0 Å². The first-order chi connectivity index (χ1) is 13.0. The number of alkyl halides is 2. The maximum absolute atomic E-state index is 14.2. The van der Waals surface area contributed by atoms with E-state index in [1.54, 1.807) is 36.5 Å². The zero-order valence-corrected chi connectivity index (χ0v) is 15.1. The van der Waals surface area contributed by atoms with Gasteiger partial charge in [0.15, 0.2) is 12.3 Å². The lowest BCUT2D eigenvalue weighted by Crippen LogP contribution is -2.27. The molecule has 1 aromatic carbocycles. The van der Waals surface area contributed by atoms with Crippen LogP contribution >= 0.6 is 0 Å². The summed E-state index contributed by atoms with van der Waals surface area (Å²) in [5, 5.41) is 9.08. The molecule has 0 bridgehead atoms. The summed E-state index contributed by atoms with van der Waals surface area (Å²) in [6.45, 7) is 0.831. The number of hydrogen-bond acceptors (Lipinski definition) is 4. The predicted molar refractivity (Wildman–Crippen MR) is 96.5 cm³/mol. The van der Waals surface area contributed by atoms with Gasteiger partial charge in [-0.1, -0.05) is 25.1 Å². The minimum absolute atomic E-state index is 0.106. The molecule has 0 saturated carbocycles. The Morgan fingerprint density at radius 2 is 1.89 bits per heavy atom. The third kappa shape index (κ3) is 6.60. The normalized spacial score (nSPS) is 13.1. The molecule has 0 radical (unpaired) electrons. The van der Waals surface area contributed by atoms with Crippen molar-refractivity contribution in [1.82, 2.24) is 4.98 Å². The summed E-state index contributed by atoms with van der Waals surface area (Å²) in [6, 6.07) is 10.1. The van der Waals surface area contributed by atoms with Crippen molar-refractivity contribution in [3.8, 4) is 5.75 Å². The predicted octanol–water partition coefficient (Wildman–Crippen LogP) is 3.72. The van der Waals surface area contributed by atoms with Gasteiger partial charge in [-0.05, 0) is 35.7 Å². The van der Waals surface area contributed by atoms with Crippen LogP contribution in [0.2, 0.25) is 0 Å². The maximum atomic E-state index is 14.2. The number of carbonyl (C=O) groups is 1. The third-order valence-corrected chi connectivity index (χ3v) is 3.99. The highest BCUT2D eigenvalue weighted by atomic mass is 19.1. The number of aliphatic carboxylic acids is 1. The number of carboxylic acid groups (broad SMARTS) is 1. The van der Waals surface area contributed by atoms with Crippen molar-refractivity contribution >= 4 is 5.97 Å². The van der Waals surface area contributed by atoms with Gasteiger partial charge < -0.3 is 14.6 Å². The molecule has 0 amide bonds. The molecule has 0 aliphatic rings. The second-order valence-corrected chi connectivity index (χ2v) is 5.96. The number of nitrogens with zero attached hydrogens (tertiary/aromatic N) is 1. The highest BCUT2D eigenvalue weighted by molar-refractivity contribution is 5.72. The van der Waals surface area contributed by atoms with Gasteiger partial charge in [-0.25, -0.2) is 13.6 Å². The number of carboxylic acids is 1. The van der Waals surface area contributed by atoms with Crippen molar-refractivity contribution < 1.29 is 28.2 Å². The van der Waals surface area contributed by atoms with E-state index >= 15 is 0 Å². The molecular formula is C20H23F2NO4. The van der Waals surface area contributed by atoms with E-state index in [0.717, 1.165) is 12.0 Å². The first kappa shape index (κ1) is 20.8. The molecule has 0 fully saturated rings. The van der Waals surface area contributed by atoms with Gasteiger partial charge in [0.1, 0.15) is 19.0 Å². The highest BCUT2D eigenvalue weighted by Gasteiger charge is 2.18. The Labute approximate surface area is 157 Å². The van der Waals surface area contributed by atoms with E-state index in [1.165, 1.54) is 0 Å². The van der Waals surface area contributed by atoms with Crippen LogP contribution in [0.25, 0.3) is 0 Å². The number of halogens is 2. The van der Waals surface area contributed by atoms with E-state index in [2.05, 4.69) is 4.98 Å². The van der Waals surface area contributed by atoms with Crippen LogP contribution in [-0.2, 0) is 22.4 Å². The molecule has 0 spiro atoms. The monoisotopic (exact) mass is 379 g/mol. The maximum Gasteiger partial charge on any atom is 0.333 e. The Balaban J connectivity index is 1.87. The van der Waals surface area contributed by atoms with E-state index in [4.69, 9.17) is 14.6 Å². The lowest BCUT2D eigenvalue weighted by atomic mass is 10.1. The Morgan fingerprint density at radius 3 is 2.44 bits per heavy atom. The quantitative estimate of drug-likeness (QED) is 0.645. The van der Waals surface area contributed by atoms with Crippen molar-refractivity contribution in [3.63, 3.8) is 0 Å². The molecule has 1 aromatic heterocycles. The van der Waals surface area contributed by atoms with E-state index in [-0.39, 0.29) is 19.6 Å². The Kier molecular flexibility index (Phi) is 8.13. The molecule has 0 saturated heterocycles. The smallest absolute Gasteiger partial charge is 0.333 e. The van der Waals surface area contributed by atoms with E-state index in [1.807, 2.05) is 13.0 Å². The van der Waals surface area contributed by atoms with Crippen molar-refractivity contribution in [2.45, 2.75) is 32.0 Å². The molecule has 27 heavy (non-hydrogen) atoms. The van der Waals surface area contributed by atoms with Crippen LogP contribution in [-0.4, -0.2) is 42.1 Å². The van der Waals surface area contributed by atoms with Gasteiger partial charge in [-0.3, -0.25) is 4.98 Å². The summed E-state index contributed by atoms with van der Waals surface area (Å²) in [6.07, 6.45) is 0.144. The molecule has 0 aliphatic carbocycles. The van der Waals surface area contributed by atoms with Gasteiger partial charge >= 0.3 is 5.97 Å². The molecule has 2 rings (SSSR count). The molecule has 1 N–H and O–H groups in total.